The average molecular weight is 330 g/mol. The maximum atomic E-state index is 9.59. The van der Waals surface area contributed by atoms with Gasteiger partial charge in [0.25, 0.3) is 0 Å². The molecule has 0 atom stereocenters. The number of aromatic hydroxyl groups is 1. The monoisotopic (exact) mass is 330 g/mol. The predicted octanol–water partition coefficient (Wildman–Crippen LogP) is 1.77. The van der Waals surface area contributed by atoms with E-state index in [2.05, 4.69) is 20.5 Å². The van der Waals surface area contributed by atoms with Gasteiger partial charge in [0.1, 0.15) is 5.82 Å². The minimum atomic E-state index is 0.0876. The van der Waals surface area contributed by atoms with Crippen molar-refractivity contribution in [3.8, 4) is 11.5 Å². The highest BCUT2D eigenvalue weighted by Gasteiger charge is 2.07. The van der Waals surface area contributed by atoms with E-state index in [1.54, 1.807) is 24.4 Å². The van der Waals surface area contributed by atoms with Gasteiger partial charge in [0.2, 0.25) is 5.95 Å². The number of hydrazone groups is 1. The molecule has 0 aliphatic heterocycles. The van der Waals surface area contributed by atoms with Crippen LogP contribution in [0, 0.1) is 0 Å². The molecule has 0 unspecified atom stereocenters. The highest BCUT2D eigenvalue weighted by atomic mass is 16.5. The first-order valence-corrected chi connectivity index (χ1v) is 7.30. The molecule has 0 aliphatic rings. The third-order valence-electron chi connectivity index (χ3n) is 3.16. The normalized spacial score (nSPS) is 10.7. The molecule has 2 N–H and O–H groups in total. The molecule has 0 aliphatic carbocycles. The Morgan fingerprint density at radius 2 is 1.88 bits per heavy atom. The van der Waals surface area contributed by atoms with E-state index in [-0.39, 0.29) is 5.75 Å². The number of methoxy groups -OCH3 is 1. The number of phenols is 1. The first-order valence-electron chi connectivity index (χ1n) is 7.30. The maximum Gasteiger partial charge on any atom is 0.228 e. The number of phenolic OH excluding ortho intramolecular Hbond substituents is 1. The van der Waals surface area contributed by atoms with Crippen molar-refractivity contribution < 1.29 is 9.84 Å². The molecule has 0 radical (unpaired) electrons. The second-order valence-corrected chi connectivity index (χ2v) is 5.50. The van der Waals surface area contributed by atoms with Crippen LogP contribution in [-0.4, -0.2) is 56.6 Å². The zero-order valence-corrected chi connectivity index (χ0v) is 14.5. The molecule has 1 aromatic carbocycles. The Kier molecular flexibility index (Phi) is 5.41. The summed E-state index contributed by atoms with van der Waals surface area (Å²) in [4.78, 5) is 12.6. The van der Waals surface area contributed by atoms with Gasteiger partial charge in [-0.25, -0.2) is 0 Å². The number of rotatable bonds is 6. The molecule has 24 heavy (non-hydrogen) atoms. The molecule has 0 bridgehead atoms. The van der Waals surface area contributed by atoms with Gasteiger partial charge < -0.3 is 19.6 Å². The largest absolute Gasteiger partial charge is 0.504 e. The molecule has 0 saturated heterocycles. The van der Waals surface area contributed by atoms with Crippen LogP contribution in [0.4, 0.5) is 17.6 Å². The first-order chi connectivity index (χ1) is 11.4. The van der Waals surface area contributed by atoms with Crippen molar-refractivity contribution in [1.82, 2.24) is 9.97 Å². The molecule has 0 fully saturated rings. The molecule has 2 rings (SSSR count). The minimum absolute atomic E-state index is 0.0876. The Hall–Kier alpha value is -3.03. The number of hydrogen-bond donors (Lipinski definition) is 2. The second-order valence-electron chi connectivity index (χ2n) is 5.50. The molecule has 0 amide bonds. The van der Waals surface area contributed by atoms with E-state index in [0.717, 1.165) is 11.4 Å². The number of hydrogen-bond acceptors (Lipinski definition) is 8. The third kappa shape index (κ3) is 4.25. The fraction of sp³-hybridized carbons (Fsp3) is 0.312. The number of ether oxygens (including phenoxy) is 1. The quantitative estimate of drug-likeness (QED) is 0.616. The summed E-state index contributed by atoms with van der Waals surface area (Å²) in [6.07, 6.45) is 1.62. The van der Waals surface area contributed by atoms with E-state index in [1.807, 2.05) is 44.1 Å². The number of benzene rings is 1. The van der Waals surface area contributed by atoms with Crippen LogP contribution in [0.5, 0.6) is 11.5 Å². The summed E-state index contributed by atoms with van der Waals surface area (Å²) in [5, 5.41) is 13.8. The summed E-state index contributed by atoms with van der Waals surface area (Å²) in [5.41, 5.74) is 3.68. The van der Waals surface area contributed by atoms with Crippen molar-refractivity contribution in [2.24, 2.45) is 5.10 Å². The summed E-state index contributed by atoms with van der Waals surface area (Å²) in [6.45, 7) is 0. The van der Waals surface area contributed by atoms with Crippen molar-refractivity contribution in [3.05, 3.63) is 29.8 Å². The van der Waals surface area contributed by atoms with Gasteiger partial charge in [-0.15, -0.1) is 0 Å². The van der Waals surface area contributed by atoms with Crippen LogP contribution in [0.15, 0.2) is 29.4 Å². The van der Waals surface area contributed by atoms with Gasteiger partial charge in [-0.1, -0.05) is 0 Å². The molecular weight excluding hydrogens is 308 g/mol. The lowest BCUT2D eigenvalue weighted by atomic mass is 10.2. The van der Waals surface area contributed by atoms with Gasteiger partial charge in [0.15, 0.2) is 17.3 Å². The topological polar surface area (TPSA) is 86.1 Å². The lowest BCUT2D eigenvalue weighted by Gasteiger charge is -2.16. The highest BCUT2D eigenvalue weighted by molar-refractivity contribution is 5.81. The van der Waals surface area contributed by atoms with E-state index in [9.17, 15) is 5.11 Å². The van der Waals surface area contributed by atoms with E-state index >= 15 is 0 Å². The first kappa shape index (κ1) is 17.3. The lowest BCUT2D eigenvalue weighted by Crippen LogP contribution is -2.17. The zero-order valence-electron chi connectivity index (χ0n) is 14.5. The van der Waals surface area contributed by atoms with Crippen LogP contribution >= 0.6 is 0 Å². The van der Waals surface area contributed by atoms with Crippen molar-refractivity contribution in [2.45, 2.75) is 0 Å². The fourth-order valence-corrected chi connectivity index (χ4v) is 1.86. The summed E-state index contributed by atoms with van der Waals surface area (Å²) < 4.78 is 5.07. The van der Waals surface area contributed by atoms with Gasteiger partial charge in [-0.05, 0) is 23.8 Å². The van der Waals surface area contributed by atoms with Crippen LogP contribution < -0.4 is 20.0 Å². The molecule has 1 heterocycles. The van der Waals surface area contributed by atoms with Crippen molar-refractivity contribution in [2.75, 3.05) is 50.5 Å². The van der Waals surface area contributed by atoms with Crippen LogP contribution in [0.25, 0.3) is 0 Å². The standard InChI is InChI=1S/C16H22N6O2/c1-21(2)15-9-14(18-16(19-15)22(3)4)20-17-10-11-6-7-12(23)13(8-11)24-5/h6-10,23H,1-5H3,(H,18,19,20). The number of anilines is 3. The molecule has 128 valence electrons. The summed E-state index contributed by atoms with van der Waals surface area (Å²) in [6, 6.07) is 6.79. The zero-order chi connectivity index (χ0) is 17.7. The highest BCUT2D eigenvalue weighted by Crippen LogP contribution is 2.25. The van der Waals surface area contributed by atoms with Crippen LogP contribution in [0.3, 0.4) is 0 Å². The van der Waals surface area contributed by atoms with Gasteiger partial charge in [0.05, 0.1) is 13.3 Å². The van der Waals surface area contributed by atoms with Crippen molar-refractivity contribution in [3.63, 3.8) is 0 Å². The van der Waals surface area contributed by atoms with Crippen LogP contribution in [0.1, 0.15) is 5.56 Å². The van der Waals surface area contributed by atoms with Crippen LogP contribution in [-0.2, 0) is 0 Å². The molecule has 8 nitrogen and oxygen atoms in total. The SMILES string of the molecule is COc1cc(C=NNc2cc(N(C)C)nc(N(C)C)n2)ccc1O. The molecule has 0 saturated carbocycles. The fourth-order valence-electron chi connectivity index (χ4n) is 1.86. The van der Waals surface area contributed by atoms with E-state index in [1.165, 1.54) is 7.11 Å². The van der Waals surface area contributed by atoms with E-state index < -0.39 is 0 Å². The molecule has 1 aromatic heterocycles. The van der Waals surface area contributed by atoms with Crippen molar-refractivity contribution in [1.29, 1.82) is 0 Å². The summed E-state index contributed by atoms with van der Waals surface area (Å²) >= 11 is 0. The number of nitrogens with zero attached hydrogens (tertiary/aromatic N) is 5. The van der Waals surface area contributed by atoms with Gasteiger partial charge in [-0.3, -0.25) is 5.43 Å². The summed E-state index contributed by atoms with van der Waals surface area (Å²) in [5.74, 6) is 2.43. The Labute approximate surface area is 141 Å². The number of aromatic nitrogens is 2. The lowest BCUT2D eigenvalue weighted by molar-refractivity contribution is 0.373. The Morgan fingerprint density at radius 3 is 2.50 bits per heavy atom. The summed E-state index contributed by atoms with van der Waals surface area (Å²) in [7, 11) is 9.09. The third-order valence-corrected chi connectivity index (χ3v) is 3.16. The van der Waals surface area contributed by atoms with E-state index in [4.69, 9.17) is 4.74 Å². The van der Waals surface area contributed by atoms with Crippen molar-refractivity contribution >= 4 is 23.8 Å². The number of nitrogens with one attached hydrogen (secondary N) is 1. The minimum Gasteiger partial charge on any atom is -0.504 e. The smallest absolute Gasteiger partial charge is 0.228 e. The Balaban J connectivity index is 2.19. The van der Waals surface area contributed by atoms with Gasteiger partial charge in [-0.2, -0.15) is 15.1 Å². The maximum absolute atomic E-state index is 9.59. The molecular formula is C16H22N6O2. The molecule has 8 heteroatoms. The molecule has 2 aromatic rings. The average Bonchev–Trinajstić information content (AvgIpc) is 2.56. The van der Waals surface area contributed by atoms with E-state index in [0.29, 0.717) is 17.5 Å². The van der Waals surface area contributed by atoms with Crippen LogP contribution in [0.2, 0.25) is 0 Å². The second kappa shape index (κ2) is 7.49. The predicted molar refractivity (Wildman–Crippen MR) is 96.6 cm³/mol. The van der Waals surface area contributed by atoms with Gasteiger partial charge in [0, 0.05) is 34.3 Å². The van der Waals surface area contributed by atoms with Gasteiger partial charge >= 0.3 is 0 Å². The Morgan fingerprint density at radius 1 is 1.12 bits per heavy atom. The Bertz CT molecular complexity index is 704. The molecule has 0 spiro atoms.